The number of rotatable bonds is 4. The highest BCUT2D eigenvalue weighted by Crippen LogP contribution is 2.28. The van der Waals surface area contributed by atoms with Crippen molar-refractivity contribution in [2.45, 2.75) is 19.9 Å². The van der Waals surface area contributed by atoms with Crippen LogP contribution in [0.3, 0.4) is 0 Å². The number of nitrogens with zero attached hydrogens (tertiary/aromatic N) is 1. The van der Waals surface area contributed by atoms with Crippen LogP contribution < -0.4 is 11.1 Å². The Morgan fingerprint density at radius 2 is 2.24 bits per heavy atom. The fraction of sp³-hybridized carbons (Fsp3) is 0.417. The third kappa shape index (κ3) is 2.68. The monoisotopic (exact) mass is 251 g/mol. The van der Waals surface area contributed by atoms with Crippen molar-refractivity contribution in [3.05, 3.63) is 18.2 Å². The Kier molecular flexibility index (Phi) is 3.49. The van der Waals surface area contributed by atoms with Gasteiger partial charge < -0.3 is 16.2 Å². The lowest BCUT2D eigenvalue weighted by atomic mass is 10.1. The lowest BCUT2D eigenvalue weighted by Gasteiger charge is -2.18. The number of thiazole rings is 1. The number of benzene rings is 1. The van der Waals surface area contributed by atoms with Gasteiger partial charge in [-0.05, 0) is 24.1 Å². The first-order chi connectivity index (χ1) is 8.10. The SMILES string of the molecule is CC(C)[C@@H](CO)Nc1nc2ccc(N)cc2s1. The standard InChI is InChI=1S/C12H17N3OS/c1-7(2)10(6-16)15-12-14-9-4-3-8(13)5-11(9)17-12/h3-5,7,10,16H,6,13H2,1-2H3,(H,14,15)/t10-/m1/s1. The molecule has 92 valence electrons. The van der Waals surface area contributed by atoms with E-state index < -0.39 is 0 Å². The Bertz CT molecular complexity index is 509. The topological polar surface area (TPSA) is 71.2 Å². The van der Waals surface area contributed by atoms with Crippen LogP contribution in [0, 0.1) is 5.92 Å². The summed E-state index contributed by atoms with van der Waals surface area (Å²) in [4.78, 5) is 4.46. The van der Waals surface area contributed by atoms with E-state index in [0.717, 1.165) is 21.0 Å². The molecule has 5 heteroatoms. The fourth-order valence-electron chi connectivity index (χ4n) is 1.58. The Labute approximate surface area is 104 Å². The highest BCUT2D eigenvalue weighted by molar-refractivity contribution is 7.22. The van der Waals surface area contributed by atoms with Gasteiger partial charge in [-0.25, -0.2) is 4.98 Å². The van der Waals surface area contributed by atoms with Gasteiger partial charge >= 0.3 is 0 Å². The second-order valence-electron chi connectivity index (χ2n) is 4.42. The van der Waals surface area contributed by atoms with Crippen LogP contribution in [-0.2, 0) is 0 Å². The molecule has 1 aromatic carbocycles. The van der Waals surface area contributed by atoms with Crippen LogP contribution in [0.2, 0.25) is 0 Å². The van der Waals surface area contributed by atoms with Crippen molar-refractivity contribution < 1.29 is 5.11 Å². The van der Waals surface area contributed by atoms with E-state index in [1.54, 1.807) is 11.3 Å². The van der Waals surface area contributed by atoms with Crippen molar-refractivity contribution in [2.75, 3.05) is 17.7 Å². The molecule has 0 aliphatic carbocycles. The summed E-state index contributed by atoms with van der Waals surface area (Å²) in [6.45, 7) is 4.24. The van der Waals surface area contributed by atoms with E-state index >= 15 is 0 Å². The van der Waals surface area contributed by atoms with Gasteiger partial charge in [0.1, 0.15) is 0 Å². The summed E-state index contributed by atoms with van der Waals surface area (Å²) >= 11 is 1.56. The average molecular weight is 251 g/mol. The largest absolute Gasteiger partial charge is 0.399 e. The molecule has 2 rings (SSSR count). The molecule has 0 bridgehead atoms. The second kappa shape index (κ2) is 4.89. The summed E-state index contributed by atoms with van der Waals surface area (Å²) in [6, 6.07) is 5.71. The molecule has 0 saturated heterocycles. The molecule has 4 nitrogen and oxygen atoms in total. The summed E-state index contributed by atoms with van der Waals surface area (Å²) in [6.07, 6.45) is 0. The van der Waals surface area contributed by atoms with Crippen LogP contribution >= 0.6 is 11.3 Å². The van der Waals surface area contributed by atoms with E-state index in [0.29, 0.717) is 5.92 Å². The van der Waals surface area contributed by atoms with E-state index in [2.05, 4.69) is 24.1 Å². The summed E-state index contributed by atoms with van der Waals surface area (Å²) < 4.78 is 1.06. The first kappa shape index (κ1) is 12.1. The Hall–Kier alpha value is -1.33. The van der Waals surface area contributed by atoms with Crippen LogP contribution in [0.1, 0.15) is 13.8 Å². The zero-order valence-electron chi connectivity index (χ0n) is 9.97. The van der Waals surface area contributed by atoms with Crippen molar-refractivity contribution in [1.29, 1.82) is 0 Å². The number of nitrogens with two attached hydrogens (primary N) is 1. The maximum atomic E-state index is 9.27. The van der Waals surface area contributed by atoms with Gasteiger partial charge in [0.05, 0.1) is 22.9 Å². The van der Waals surface area contributed by atoms with Gasteiger partial charge in [0.15, 0.2) is 5.13 Å². The molecule has 1 atom stereocenters. The highest BCUT2D eigenvalue weighted by atomic mass is 32.1. The highest BCUT2D eigenvalue weighted by Gasteiger charge is 2.14. The molecule has 0 aliphatic rings. The van der Waals surface area contributed by atoms with E-state index in [-0.39, 0.29) is 12.6 Å². The Morgan fingerprint density at radius 3 is 2.88 bits per heavy atom. The third-order valence-electron chi connectivity index (χ3n) is 2.72. The third-order valence-corrected chi connectivity index (χ3v) is 3.67. The number of anilines is 2. The molecule has 0 unspecified atom stereocenters. The maximum absolute atomic E-state index is 9.27. The predicted octanol–water partition coefficient (Wildman–Crippen LogP) is 2.31. The number of aliphatic hydroxyl groups excluding tert-OH is 1. The number of nitrogen functional groups attached to an aromatic ring is 1. The zero-order valence-corrected chi connectivity index (χ0v) is 10.8. The number of fused-ring (bicyclic) bond motifs is 1. The number of aromatic nitrogens is 1. The van der Waals surface area contributed by atoms with E-state index in [4.69, 9.17) is 5.73 Å². The normalized spacial score (nSPS) is 13.2. The second-order valence-corrected chi connectivity index (χ2v) is 5.45. The minimum absolute atomic E-state index is 0.0351. The smallest absolute Gasteiger partial charge is 0.184 e. The van der Waals surface area contributed by atoms with Gasteiger partial charge in [-0.1, -0.05) is 25.2 Å². The molecule has 1 aromatic heterocycles. The van der Waals surface area contributed by atoms with Gasteiger partial charge in [-0.2, -0.15) is 0 Å². The fourth-order valence-corrected chi connectivity index (χ4v) is 2.56. The quantitative estimate of drug-likeness (QED) is 0.729. The van der Waals surface area contributed by atoms with Crippen LogP contribution in [0.15, 0.2) is 18.2 Å². The Balaban J connectivity index is 2.24. The summed E-state index contributed by atoms with van der Waals surface area (Å²) in [5, 5.41) is 13.4. The van der Waals surface area contributed by atoms with Crippen molar-refractivity contribution in [3.8, 4) is 0 Å². The lowest BCUT2D eigenvalue weighted by molar-refractivity contribution is 0.249. The molecular weight excluding hydrogens is 234 g/mol. The maximum Gasteiger partial charge on any atom is 0.184 e. The minimum Gasteiger partial charge on any atom is -0.399 e. The predicted molar refractivity (Wildman–Crippen MR) is 73.4 cm³/mol. The first-order valence-electron chi connectivity index (χ1n) is 5.63. The number of hydrogen-bond donors (Lipinski definition) is 3. The van der Waals surface area contributed by atoms with Crippen molar-refractivity contribution in [3.63, 3.8) is 0 Å². The van der Waals surface area contributed by atoms with E-state index in [9.17, 15) is 5.11 Å². The summed E-state index contributed by atoms with van der Waals surface area (Å²) in [7, 11) is 0. The summed E-state index contributed by atoms with van der Waals surface area (Å²) in [5.74, 6) is 0.358. The Morgan fingerprint density at radius 1 is 1.47 bits per heavy atom. The van der Waals surface area contributed by atoms with Crippen LogP contribution in [-0.4, -0.2) is 22.7 Å². The first-order valence-corrected chi connectivity index (χ1v) is 6.45. The van der Waals surface area contributed by atoms with Gasteiger partial charge in [0.25, 0.3) is 0 Å². The van der Waals surface area contributed by atoms with Crippen LogP contribution in [0.5, 0.6) is 0 Å². The molecule has 1 heterocycles. The molecule has 17 heavy (non-hydrogen) atoms. The molecule has 0 aliphatic heterocycles. The molecule has 0 spiro atoms. The minimum atomic E-state index is 0.0351. The van der Waals surface area contributed by atoms with Crippen molar-refractivity contribution in [2.24, 2.45) is 5.92 Å². The van der Waals surface area contributed by atoms with E-state index in [1.165, 1.54) is 0 Å². The molecule has 0 amide bonds. The van der Waals surface area contributed by atoms with Crippen LogP contribution in [0.25, 0.3) is 10.2 Å². The average Bonchev–Trinajstić information content (AvgIpc) is 2.66. The molecule has 0 fully saturated rings. The van der Waals surface area contributed by atoms with Gasteiger partial charge in [-0.3, -0.25) is 0 Å². The van der Waals surface area contributed by atoms with E-state index in [1.807, 2.05) is 18.2 Å². The molecular formula is C12H17N3OS. The molecule has 0 radical (unpaired) electrons. The number of hydrogen-bond acceptors (Lipinski definition) is 5. The van der Waals surface area contributed by atoms with Crippen molar-refractivity contribution >= 4 is 32.4 Å². The molecule has 2 aromatic rings. The van der Waals surface area contributed by atoms with Gasteiger partial charge in [0.2, 0.25) is 0 Å². The number of nitrogens with one attached hydrogen (secondary N) is 1. The zero-order chi connectivity index (χ0) is 12.4. The van der Waals surface area contributed by atoms with Gasteiger partial charge in [-0.15, -0.1) is 0 Å². The molecule has 4 N–H and O–H groups in total. The van der Waals surface area contributed by atoms with Gasteiger partial charge in [0, 0.05) is 5.69 Å². The molecule has 0 saturated carbocycles. The van der Waals surface area contributed by atoms with Crippen molar-refractivity contribution in [1.82, 2.24) is 4.98 Å². The number of aliphatic hydroxyl groups is 1. The van der Waals surface area contributed by atoms with Crippen LogP contribution in [0.4, 0.5) is 10.8 Å². The summed E-state index contributed by atoms with van der Waals surface area (Å²) in [5.41, 5.74) is 7.41. The lowest BCUT2D eigenvalue weighted by Crippen LogP contribution is -2.29.